The van der Waals surface area contributed by atoms with Gasteiger partial charge in [0, 0.05) is 45.8 Å². The van der Waals surface area contributed by atoms with E-state index in [2.05, 4.69) is 52.5 Å². The quantitative estimate of drug-likeness (QED) is 0.170. The van der Waals surface area contributed by atoms with E-state index in [9.17, 15) is 24.9 Å². The third-order valence-electron chi connectivity index (χ3n) is 8.55. The van der Waals surface area contributed by atoms with Gasteiger partial charge in [-0.15, -0.1) is 0 Å². The SMILES string of the molecule is C=CC1=c2cc(C)c([nH]2)=Cc2[nH]c(c(CCC(=O)O)c2C)C(O)=c2[nH]c(c(C)c2CCC(=O)O)=C(CC)c2cc(C)c1[nH]2. The van der Waals surface area contributed by atoms with Crippen LogP contribution in [-0.4, -0.2) is 47.2 Å². The Hall–Kier alpha value is -4.92. The summed E-state index contributed by atoms with van der Waals surface area (Å²) < 4.78 is 0. The van der Waals surface area contributed by atoms with Crippen molar-refractivity contribution >= 4 is 34.9 Å². The molecule has 4 aromatic heterocycles. The Bertz CT molecular complexity index is 2040. The van der Waals surface area contributed by atoms with E-state index in [0.29, 0.717) is 28.6 Å². The number of aliphatic hydroxyl groups is 1. The molecule has 4 aromatic rings. The molecule has 5 rings (SSSR count). The molecule has 0 atom stereocenters. The fraction of sp³-hybridized carbons (Fsp3) is 0.294. The van der Waals surface area contributed by atoms with Gasteiger partial charge in [0.15, 0.2) is 5.76 Å². The highest BCUT2D eigenvalue weighted by Gasteiger charge is 2.22. The van der Waals surface area contributed by atoms with Crippen molar-refractivity contribution in [2.75, 3.05) is 0 Å². The lowest BCUT2D eigenvalue weighted by molar-refractivity contribution is -0.138. The van der Waals surface area contributed by atoms with Crippen LogP contribution in [0.3, 0.4) is 0 Å². The van der Waals surface area contributed by atoms with Crippen LogP contribution in [0.4, 0.5) is 0 Å². The average molecular weight is 583 g/mol. The molecule has 0 fully saturated rings. The van der Waals surface area contributed by atoms with Gasteiger partial charge >= 0.3 is 11.9 Å². The Balaban J connectivity index is 1.99. The van der Waals surface area contributed by atoms with Crippen molar-refractivity contribution < 1.29 is 24.9 Å². The highest BCUT2D eigenvalue weighted by atomic mass is 16.4. The van der Waals surface area contributed by atoms with Gasteiger partial charge in [-0.05, 0) is 104 Å². The van der Waals surface area contributed by atoms with Gasteiger partial charge < -0.3 is 35.3 Å². The van der Waals surface area contributed by atoms with Gasteiger partial charge in [0.1, 0.15) is 0 Å². The maximum absolute atomic E-state index is 11.9. The van der Waals surface area contributed by atoms with Crippen LogP contribution < -0.4 is 21.4 Å². The first-order chi connectivity index (χ1) is 20.4. The first-order valence-electron chi connectivity index (χ1n) is 14.5. The summed E-state index contributed by atoms with van der Waals surface area (Å²) >= 11 is 0. The monoisotopic (exact) mass is 582 g/mol. The first kappa shape index (κ1) is 29.6. The number of nitrogens with one attached hydrogen (secondary N) is 4. The standard InChI is InChI=1S/C34H38N4O5/c1-7-20-26-13-16(3)24(35-26)15-25-18(5)22(9-11-28(39)40)32(36-25)34(43)33-23(10-12-29(41)42)19(6)31(38-33)21(8-2)27-14-17(4)30(20)37-27/h7,13-15,35-38,43H,1,8-12H2,2-6H3,(H,39,40)(H,41,42). The molecule has 0 amide bonds. The highest BCUT2D eigenvalue weighted by molar-refractivity contribution is 5.76. The van der Waals surface area contributed by atoms with Crippen LogP contribution in [0.1, 0.15) is 82.3 Å². The zero-order chi connectivity index (χ0) is 31.2. The molecule has 9 heteroatoms. The minimum Gasteiger partial charge on any atom is -0.504 e. The van der Waals surface area contributed by atoms with Gasteiger partial charge in [-0.2, -0.15) is 0 Å². The number of carbonyl (C=O) groups is 2. The molecule has 0 radical (unpaired) electrons. The first-order valence-corrected chi connectivity index (χ1v) is 14.5. The normalized spacial score (nSPS) is 12.9. The van der Waals surface area contributed by atoms with E-state index in [1.807, 2.05) is 32.9 Å². The van der Waals surface area contributed by atoms with Gasteiger partial charge in [-0.1, -0.05) is 19.6 Å². The minimum absolute atomic E-state index is 0.0741. The van der Waals surface area contributed by atoms with Crippen LogP contribution in [0.2, 0.25) is 0 Å². The van der Waals surface area contributed by atoms with Crippen molar-refractivity contribution in [2.24, 2.45) is 0 Å². The summed E-state index contributed by atoms with van der Waals surface area (Å²) in [5, 5.41) is 33.9. The van der Waals surface area contributed by atoms with Gasteiger partial charge in [-0.25, -0.2) is 0 Å². The van der Waals surface area contributed by atoms with Gasteiger partial charge in [0.2, 0.25) is 0 Å². The molecule has 0 aromatic carbocycles. The summed E-state index contributed by atoms with van der Waals surface area (Å²) in [6.45, 7) is 14.1. The van der Waals surface area contributed by atoms with Crippen molar-refractivity contribution in [2.45, 2.75) is 66.7 Å². The number of carboxylic acid groups (broad SMARTS) is 2. The van der Waals surface area contributed by atoms with Crippen LogP contribution in [-0.2, 0) is 22.4 Å². The van der Waals surface area contributed by atoms with Crippen molar-refractivity contribution in [3.63, 3.8) is 0 Å². The van der Waals surface area contributed by atoms with Gasteiger partial charge in [0.05, 0.1) is 16.7 Å². The number of allylic oxidation sites excluding steroid dienone is 1. The fourth-order valence-electron chi connectivity index (χ4n) is 6.21. The highest BCUT2D eigenvalue weighted by Crippen LogP contribution is 2.26. The van der Waals surface area contributed by atoms with E-state index in [1.54, 1.807) is 0 Å². The third kappa shape index (κ3) is 5.27. The summed E-state index contributed by atoms with van der Waals surface area (Å²) in [6, 6.07) is 4.18. The second-order valence-electron chi connectivity index (χ2n) is 11.2. The maximum atomic E-state index is 11.9. The lowest BCUT2D eigenvalue weighted by Crippen LogP contribution is -2.19. The predicted molar refractivity (Wildman–Crippen MR) is 167 cm³/mol. The van der Waals surface area contributed by atoms with Crippen molar-refractivity contribution in [1.29, 1.82) is 0 Å². The number of aliphatic carboxylic acids is 2. The van der Waals surface area contributed by atoms with Crippen molar-refractivity contribution in [1.82, 2.24) is 19.9 Å². The van der Waals surface area contributed by atoms with E-state index >= 15 is 0 Å². The molecule has 7 N–H and O–H groups in total. The van der Waals surface area contributed by atoms with E-state index in [1.165, 1.54) is 0 Å². The molecule has 5 heterocycles. The fourth-order valence-corrected chi connectivity index (χ4v) is 6.21. The number of aliphatic hydroxyl groups excluding tert-OH is 1. The number of rotatable bonds is 8. The molecule has 43 heavy (non-hydrogen) atoms. The van der Waals surface area contributed by atoms with Crippen LogP contribution >= 0.6 is 0 Å². The number of aryl methyl sites for hydroxylation is 2. The molecular formula is C34H38N4O5. The number of aromatic amines is 4. The van der Waals surface area contributed by atoms with Gasteiger partial charge in [-0.3, -0.25) is 9.59 Å². The molecule has 9 nitrogen and oxygen atoms in total. The predicted octanol–water partition coefficient (Wildman–Crippen LogP) is 3.12. The van der Waals surface area contributed by atoms with E-state index in [-0.39, 0.29) is 31.4 Å². The minimum atomic E-state index is -0.935. The molecule has 0 spiro atoms. The number of carboxylic acids is 2. The Morgan fingerprint density at radius 3 is 2.14 bits per heavy atom. The average Bonchev–Trinajstić information content (AvgIpc) is 3.68. The molecule has 0 aliphatic carbocycles. The molecule has 1 aliphatic heterocycles. The molecule has 1 aliphatic rings. The Morgan fingerprint density at radius 2 is 1.51 bits per heavy atom. The number of hydrogen-bond acceptors (Lipinski definition) is 3. The summed E-state index contributed by atoms with van der Waals surface area (Å²) in [7, 11) is 0. The molecule has 0 unspecified atom stereocenters. The van der Waals surface area contributed by atoms with Crippen LogP contribution in [0, 0.1) is 27.7 Å². The van der Waals surface area contributed by atoms with Crippen molar-refractivity contribution in [3.8, 4) is 0 Å². The van der Waals surface area contributed by atoms with E-state index in [0.717, 1.165) is 66.5 Å². The molecule has 224 valence electrons. The Labute approximate surface area is 248 Å². The zero-order valence-corrected chi connectivity index (χ0v) is 25.2. The number of hydrogen-bond donors (Lipinski definition) is 7. The van der Waals surface area contributed by atoms with Crippen LogP contribution in [0.15, 0.2) is 24.8 Å². The second kappa shape index (κ2) is 11.4. The lowest BCUT2D eigenvalue weighted by atomic mass is 10.0. The summed E-state index contributed by atoms with van der Waals surface area (Å²) in [4.78, 5) is 37.2. The largest absolute Gasteiger partial charge is 0.504 e. The Kier molecular flexibility index (Phi) is 7.84. The number of H-pyrrole nitrogens is 4. The van der Waals surface area contributed by atoms with E-state index < -0.39 is 11.9 Å². The second-order valence-corrected chi connectivity index (χ2v) is 11.2. The third-order valence-corrected chi connectivity index (χ3v) is 8.55. The summed E-state index contributed by atoms with van der Waals surface area (Å²) in [6.07, 6.45) is 4.68. The topological polar surface area (TPSA) is 158 Å². The summed E-state index contributed by atoms with van der Waals surface area (Å²) in [5.74, 6) is -1.94. The van der Waals surface area contributed by atoms with Crippen LogP contribution in [0.25, 0.3) is 23.0 Å². The van der Waals surface area contributed by atoms with Crippen molar-refractivity contribution in [3.05, 3.63) is 102 Å². The lowest BCUT2D eigenvalue weighted by Gasteiger charge is -2.05. The molecule has 0 saturated carbocycles. The smallest absolute Gasteiger partial charge is 0.303 e. The molecule has 0 saturated heterocycles. The summed E-state index contributed by atoms with van der Waals surface area (Å²) in [5.41, 5.74) is 10.1. The Morgan fingerprint density at radius 1 is 0.837 bits per heavy atom. The van der Waals surface area contributed by atoms with Gasteiger partial charge in [0.25, 0.3) is 0 Å². The zero-order valence-electron chi connectivity index (χ0n) is 25.2. The molecular weight excluding hydrogens is 544 g/mol. The van der Waals surface area contributed by atoms with E-state index in [4.69, 9.17) is 0 Å². The molecule has 8 bridgehead atoms. The number of aromatic nitrogens is 4. The number of fused-ring (bicyclic) bond motifs is 8. The van der Waals surface area contributed by atoms with Crippen LogP contribution in [0.5, 0.6) is 0 Å². The maximum Gasteiger partial charge on any atom is 0.303 e.